The zero-order chi connectivity index (χ0) is 15.5. The van der Waals surface area contributed by atoms with E-state index in [9.17, 15) is 9.90 Å². The van der Waals surface area contributed by atoms with E-state index in [1.54, 1.807) is 32.2 Å². The third kappa shape index (κ3) is 2.82. The van der Waals surface area contributed by atoms with Crippen LogP contribution >= 0.6 is 0 Å². The van der Waals surface area contributed by atoms with Crippen LogP contribution in [0.25, 0.3) is 0 Å². The summed E-state index contributed by atoms with van der Waals surface area (Å²) in [5.74, 6) is 0.217. The summed E-state index contributed by atoms with van der Waals surface area (Å²) in [4.78, 5) is 13.9. The Morgan fingerprint density at radius 3 is 2.48 bits per heavy atom. The third-order valence-corrected chi connectivity index (χ3v) is 3.99. The first-order chi connectivity index (χ1) is 10.0. The monoisotopic (exact) mass is 295 g/mol. The van der Waals surface area contributed by atoms with Crippen molar-refractivity contribution < 1.29 is 24.1 Å². The Bertz CT molecular complexity index is 513. The molecule has 1 aromatic rings. The van der Waals surface area contributed by atoms with Gasteiger partial charge in [0.15, 0.2) is 0 Å². The van der Waals surface area contributed by atoms with E-state index in [0.29, 0.717) is 43.4 Å². The minimum Gasteiger partial charge on any atom is -0.497 e. The SMILES string of the molecule is COc1ccc(OC)c(C(C)(C(=O)O)N2CCOCC2)c1. The Morgan fingerprint density at radius 1 is 1.29 bits per heavy atom. The number of carboxylic acid groups (broad SMARTS) is 1. The lowest BCUT2D eigenvalue weighted by Crippen LogP contribution is -2.54. The minimum atomic E-state index is -1.19. The van der Waals surface area contributed by atoms with Crippen molar-refractivity contribution in [1.29, 1.82) is 0 Å². The van der Waals surface area contributed by atoms with Crippen molar-refractivity contribution in [3.05, 3.63) is 23.8 Å². The topological polar surface area (TPSA) is 68.2 Å². The van der Waals surface area contributed by atoms with Crippen molar-refractivity contribution in [1.82, 2.24) is 4.90 Å². The summed E-state index contributed by atoms with van der Waals surface area (Å²) in [5, 5.41) is 9.84. The average molecular weight is 295 g/mol. The number of hydrogen-bond acceptors (Lipinski definition) is 5. The Morgan fingerprint density at radius 2 is 1.95 bits per heavy atom. The predicted molar refractivity (Wildman–Crippen MR) is 76.9 cm³/mol. The maximum atomic E-state index is 12.0. The molecule has 1 N–H and O–H groups in total. The van der Waals surface area contributed by atoms with Crippen LogP contribution in [0.15, 0.2) is 18.2 Å². The molecule has 2 rings (SSSR count). The summed E-state index contributed by atoms with van der Waals surface area (Å²) < 4.78 is 15.9. The summed E-state index contributed by atoms with van der Waals surface area (Å²) in [7, 11) is 3.09. The highest BCUT2D eigenvalue weighted by Gasteiger charge is 2.44. The number of nitrogens with zero attached hydrogens (tertiary/aromatic N) is 1. The molecule has 0 radical (unpaired) electrons. The Labute approximate surface area is 124 Å². The van der Waals surface area contributed by atoms with Crippen LogP contribution in [0, 0.1) is 0 Å². The first-order valence-corrected chi connectivity index (χ1v) is 6.82. The number of morpholine rings is 1. The molecule has 0 aliphatic carbocycles. The van der Waals surface area contributed by atoms with Crippen LogP contribution in [0.3, 0.4) is 0 Å². The number of ether oxygens (including phenoxy) is 3. The Hall–Kier alpha value is -1.79. The van der Waals surface area contributed by atoms with E-state index in [1.165, 1.54) is 7.11 Å². The van der Waals surface area contributed by atoms with Crippen LogP contribution < -0.4 is 9.47 Å². The fourth-order valence-corrected chi connectivity index (χ4v) is 2.63. The molecule has 0 saturated carbocycles. The molecule has 1 aliphatic rings. The molecule has 116 valence electrons. The molecule has 1 fully saturated rings. The van der Waals surface area contributed by atoms with E-state index in [0.717, 1.165) is 0 Å². The van der Waals surface area contributed by atoms with Gasteiger partial charge in [-0.25, -0.2) is 4.79 Å². The van der Waals surface area contributed by atoms with Crippen LogP contribution in [0.4, 0.5) is 0 Å². The number of carboxylic acids is 1. The normalized spacial score (nSPS) is 18.8. The van der Waals surface area contributed by atoms with Gasteiger partial charge in [-0.05, 0) is 25.1 Å². The highest BCUT2D eigenvalue weighted by molar-refractivity contribution is 5.81. The van der Waals surface area contributed by atoms with Crippen molar-refractivity contribution in [2.75, 3.05) is 40.5 Å². The van der Waals surface area contributed by atoms with Gasteiger partial charge in [0.2, 0.25) is 0 Å². The molecule has 6 nitrogen and oxygen atoms in total. The van der Waals surface area contributed by atoms with Crippen molar-refractivity contribution in [2.45, 2.75) is 12.5 Å². The van der Waals surface area contributed by atoms with Gasteiger partial charge >= 0.3 is 5.97 Å². The van der Waals surface area contributed by atoms with Crippen molar-refractivity contribution in [3.63, 3.8) is 0 Å². The van der Waals surface area contributed by atoms with Gasteiger partial charge in [0.1, 0.15) is 17.0 Å². The molecule has 1 heterocycles. The van der Waals surface area contributed by atoms with Crippen molar-refractivity contribution >= 4 is 5.97 Å². The average Bonchev–Trinajstić information content (AvgIpc) is 2.54. The third-order valence-electron chi connectivity index (χ3n) is 3.99. The smallest absolute Gasteiger partial charge is 0.328 e. The maximum Gasteiger partial charge on any atom is 0.328 e. The lowest BCUT2D eigenvalue weighted by atomic mass is 9.88. The Kier molecular flexibility index (Phi) is 4.69. The number of methoxy groups -OCH3 is 2. The molecule has 1 unspecified atom stereocenters. The molecule has 1 aliphatic heterocycles. The van der Waals surface area contributed by atoms with Crippen LogP contribution in [0.2, 0.25) is 0 Å². The van der Waals surface area contributed by atoms with Gasteiger partial charge in [-0.1, -0.05) is 0 Å². The fourth-order valence-electron chi connectivity index (χ4n) is 2.63. The second-order valence-electron chi connectivity index (χ2n) is 5.04. The van der Waals surface area contributed by atoms with E-state index in [1.807, 2.05) is 4.90 Å². The van der Waals surface area contributed by atoms with Gasteiger partial charge in [0.05, 0.1) is 27.4 Å². The quantitative estimate of drug-likeness (QED) is 0.884. The summed E-state index contributed by atoms with van der Waals surface area (Å²) in [5.41, 5.74) is -0.609. The zero-order valence-electron chi connectivity index (χ0n) is 12.6. The summed E-state index contributed by atoms with van der Waals surface area (Å²) in [6, 6.07) is 5.21. The lowest BCUT2D eigenvalue weighted by molar-refractivity contribution is -0.154. The highest BCUT2D eigenvalue weighted by atomic mass is 16.5. The van der Waals surface area contributed by atoms with E-state index >= 15 is 0 Å². The predicted octanol–water partition coefficient (Wildman–Crippen LogP) is 1.34. The molecule has 0 spiro atoms. The van der Waals surface area contributed by atoms with E-state index in [2.05, 4.69) is 0 Å². The first-order valence-electron chi connectivity index (χ1n) is 6.82. The summed E-state index contributed by atoms with van der Waals surface area (Å²) in [6.07, 6.45) is 0. The van der Waals surface area contributed by atoms with Crippen LogP contribution in [0.1, 0.15) is 12.5 Å². The number of rotatable bonds is 5. The standard InChI is InChI=1S/C15H21NO5/c1-15(14(17)18,16-6-8-21-9-7-16)12-10-11(19-2)4-5-13(12)20-3/h4-5,10H,6-9H2,1-3H3,(H,17,18). The molecule has 0 aromatic heterocycles. The molecule has 1 aromatic carbocycles. The number of hydrogen-bond donors (Lipinski definition) is 1. The second-order valence-corrected chi connectivity index (χ2v) is 5.04. The number of carbonyl (C=O) groups is 1. The van der Waals surface area contributed by atoms with Gasteiger partial charge in [-0.2, -0.15) is 0 Å². The molecule has 0 amide bonds. The van der Waals surface area contributed by atoms with E-state index in [4.69, 9.17) is 14.2 Å². The summed E-state index contributed by atoms with van der Waals surface area (Å²) in [6.45, 7) is 3.86. The van der Waals surface area contributed by atoms with Crippen LogP contribution in [-0.2, 0) is 15.1 Å². The molecule has 6 heteroatoms. The fraction of sp³-hybridized carbons (Fsp3) is 0.533. The van der Waals surface area contributed by atoms with Crippen molar-refractivity contribution in [3.8, 4) is 11.5 Å². The van der Waals surface area contributed by atoms with Crippen LogP contribution in [0.5, 0.6) is 11.5 Å². The van der Waals surface area contributed by atoms with E-state index < -0.39 is 11.5 Å². The molecular formula is C15H21NO5. The first kappa shape index (κ1) is 15.6. The minimum absolute atomic E-state index is 0.523. The van der Waals surface area contributed by atoms with Crippen LogP contribution in [-0.4, -0.2) is 56.5 Å². The highest BCUT2D eigenvalue weighted by Crippen LogP contribution is 2.38. The van der Waals surface area contributed by atoms with Crippen molar-refractivity contribution in [2.24, 2.45) is 0 Å². The molecule has 21 heavy (non-hydrogen) atoms. The van der Waals surface area contributed by atoms with Gasteiger partial charge in [0, 0.05) is 18.7 Å². The van der Waals surface area contributed by atoms with Gasteiger partial charge in [0.25, 0.3) is 0 Å². The van der Waals surface area contributed by atoms with E-state index in [-0.39, 0.29) is 0 Å². The number of benzene rings is 1. The Balaban J connectivity index is 2.52. The van der Waals surface area contributed by atoms with Gasteiger partial charge in [-0.15, -0.1) is 0 Å². The zero-order valence-corrected chi connectivity index (χ0v) is 12.6. The molecule has 1 atom stereocenters. The lowest BCUT2D eigenvalue weighted by Gasteiger charge is -2.40. The second kappa shape index (κ2) is 6.32. The van der Waals surface area contributed by atoms with Gasteiger partial charge in [-0.3, -0.25) is 4.90 Å². The maximum absolute atomic E-state index is 12.0. The molecule has 1 saturated heterocycles. The number of aliphatic carboxylic acids is 1. The molecular weight excluding hydrogens is 274 g/mol. The summed E-state index contributed by atoms with van der Waals surface area (Å²) >= 11 is 0. The largest absolute Gasteiger partial charge is 0.497 e. The van der Waals surface area contributed by atoms with Gasteiger partial charge < -0.3 is 19.3 Å². The molecule has 0 bridgehead atoms.